The highest BCUT2D eigenvalue weighted by atomic mass is 16.5. The molecule has 0 atom stereocenters. The highest BCUT2D eigenvalue weighted by Crippen LogP contribution is 2.35. The Morgan fingerprint density at radius 3 is 2.10 bits per heavy atom. The maximum Gasteiger partial charge on any atom is 0.282 e. The Morgan fingerprint density at radius 1 is 0.862 bits per heavy atom. The van der Waals surface area contributed by atoms with Crippen LogP contribution in [0.3, 0.4) is 0 Å². The predicted molar refractivity (Wildman–Crippen MR) is 113 cm³/mol. The van der Waals surface area contributed by atoms with Gasteiger partial charge in [-0.3, -0.25) is 9.59 Å². The number of carbonyl (C=O) groups is 2. The summed E-state index contributed by atoms with van der Waals surface area (Å²) in [6.45, 7) is 6.35. The predicted octanol–water partition coefficient (Wildman–Crippen LogP) is 2.62. The Bertz CT molecular complexity index is 930. The summed E-state index contributed by atoms with van der Waals surface area (Å²) in [6, 6.07) is 16.5. The monoisotopic (exact) mass is 391 g/mol. The smallest absolute Gasteiger partial charge is 0.282 e. The third-order valence-electron chi connectivity index (χ3n) is 5.59. The Hall–Kier alpha value is -3.12. The molecule has 0 spiro atoms. The van der Waals surface area contributed by atoms with E-state index in [1.54, 1.807) is 31.4 Å². The average molecular weight is 391 g/mol. The quantitative estimate of drug-likeness (QED) is 0.734. The number of hydrogen-bond acceptors (Lipinski definition) is 5. The van der Waals surface area contributed by atoms with Gasteiger partial charge in [0.1, 0.15) is 11.4 Å². The number of imide groups is 1. The maximum atomic E-state index is 13.5. The Balaban J connectivity index is 1.74. The van der Waals surface area contributed by atoms with Gasteiger partial charge in [0.15, 0.2) is 0 Å². The third kappa shape index (κ3) is 3.51. The Labute approximate surface area is 171 Å². The molecule has 6 nitrogen and oxygen atoms in total. The first kappa shape index (κ1) is 19.2. The minimum atomic E-state index is -0.278. The van der Waals surface area contributed by atoms with Crippen LogP contribution in [0.1, 0.15) is 12.5 Å². The van der Waals surface area contributed by atoms with Gasteiger partial charge in [-0.05, 0) is 36.4 Å². The molecule has 0 bridgehead atoms. The second kappa shape index (κ2) is 8.09. The fourth-order valence-corrected chi connectivity index (χ4v) is 3.93. The number of nitrogens with zero attached hydrogens (tertiary/aromatic N) is 3. The molecule has 2 aromatic rings. The summed E-state index contributed by atoms with van der Waals surface area (Å²) in [5, 5.41) is 0. The molecule has 4 rings (SSSR count). The fourth-order valence-electron chi connectivity index (χ4n) is 3.93. The molecular formula is C23H25N3O3. The number of hydrogen-bond donors (Lipinski definition) is 0. The van der Waals surface area contributed by atoms with E-state index < -0.39 is 0 Å². The number of carbonyl (C=O) groups excluding carboxylic acids is 2. The van der Waals surface area contributed by atoms with Crippen molar-refractivity contribution in [2.24, 2.45) is 0 Å². The van der Waals surface area contributed by atoms with Crippen LogP contribution in [0.15, 0.2) is 60.3 Å². The van der Waals surface area contributed by atoms with E-state index in [4.69, 9.17) is 4.74 Å². The highest BCUT2D eigenvalue weighted by molar-refractivity contribution is 6.45. The molecule has 2 amide bonds. The molecule has 6 heteroatoms. The second-order valence-electron chi connectivity index (χ2n) is 7.15. The van der Waals surface area contributed by atoms with Crippen LogP contribution in [0, 0.1) is 0 Å². The molecule has 0 aliphatic carbocycles. The second-order valence-corrected chi connectivity index (χ2v) is 7.15. The molecule has 2 aromatic carbocycles. The van der Waals surface area contributed by atoms with E-state index in [9.17, 15) is 9.59 Å². The molecule has 2 aliphatic rings. The van der Waals surface area contributed by atoms with Gasteiger partial charge in [-0.1, -0.05) is 37.3 Å². The number of methoxy groups -OCH3 is 1. The lowest BCUT2D eigenvalue weighted by atomic mass is 10.0. The first-order valence-electron chi connectivity index (χ1n) is 9.94. The van der Waals surface area contributed by atoms with Crippen molar-refractivity contribution in [2.75, 3.05) is 44.7 Å². The number of benzene rings is 2. The third-order valence-corrected chi connectivity index (χ3v) is 5.59. The van der Waals surface area contributed by atoms with Crippen LogP contribution in [0.5, 0.6) is 5.75 Å². The van der Waals surface area contributed by atoms with E-state index in [1.165, 1.54) is 4.90 Å². The minimum absolute atomic E-state index is 0.260. The number of amides is 2. The summed E-state index contributed by atoms with van der Waals surface area (Å²) < 4.78 is 5.20. The normalized spacial score (nSPS) is 18.0. The summed E-state index contributed by atoms with van der Waals surface area (Å²) in [5.74, 6) is 0.142. The maximum absolute atomic E-state index is 13.5. The van der Waals surface area contributed by atoms with Crippen molar-refractivity contribution in [3.05, 3.63) is 65.9 Å². The molecule has 0 N–H and O–H groups in total. The molecule has 150 valence electrons. The van der Waals surface area contributed by atoms with Gasteiger partial charge in [0.25, 0.3) is 11.8 Å². The van der Waals surface area contributed by atoms with Gasteiger partial charge in [0.2, 0.25) is 0 Å². The number of anilines is 1. The lowest BCUT2D eigenvalue weighted by molar-refractivity contribution is -0.120. The van der Waals surface area contributed by atoms with Crippen molar-refractivity contribution < 1.29 is 14.3 Å². The summed E-state index contributed by atoms with van der Waals surface area (Å²) in [4.78, 5) is 32.6. The summed E-state index contributed by atoms with van der Waals surface area (Å²) in [6.07, 6.45) is 0. The standard InChI is InChI=1S/C23H25N3O3/c1-3-24-13-15-25(16-14-24)21-20(17-7-5-4-6-8-17)22(27)26(23(21)28)18-9-11-19(29-2)12-10-18/h4-12H,3,13-16H2,1-2H3. The molecule has 0 radical (unpaired) electrons. The topological polar surface area (TPSA) is 53.1 Å². The van der Waals surface area contributed by atoms with E-state index in [0.29, 0.717) is 22.7 Å². The Kier molecular flexibility index (Phi) is 5.36. The van der Waals surface area contributed by atoms with Crippen LogP contribution in [0.4, 0.5) is 5.69 Å². The highest BCUT2D eigenvalue weighted by Gasteiger charge is 2.42. The average Bonchev–Trinajstić information content (AvgIpc) is 3.04. The van der Waals surface area contributed by atoms with Crippen molar-refractivity contribution in [1.82, 2.24) is 9.80 Å². The molecule has 0 saturated carbocycles. The van der Waals surface area contributed by atoms with E-state index in [-0.39, 0.29) is 11.8 Å². The van der Waals surface area contributed by atoms with Gasteiger partial charge < -0.3 is 14.5 Å². The van der Waals surface area contributed by atoms with Gasteiger partial charge in [-0.25, -0.2) is 4.90 Å². The lowest BCUT2D eigenvalue weighted by Gasteiger charge is -2.36. The van der Waals surface area contributed by atoms with E-state index >= 15 is 0 Å². The van der Waals surface area contributed by atoms with Crippen molar-refractivity contribution in [3.8, 4) is 5.75 Å². The van der Waals surface area contributed by atoms with Gasteiger partial charge in [0, 0.05) is 26.2 Å². The van der Waals surface area contributed by atoms with E-state index in [0.717, 1.165) is 38.3 Å². The zero-order valence-corrected chi connectivity index (χ0v) is 16.8. The van der Waals surface area contributed by atoms with Crippen LogP contribution >= 0.6 is 0 Å². The van der Waals surface area contributed by atoms with Gasteiger partial charge in [-0.15, -0.1) is 0 Å². The largest absolute Gasteiger partial charge is 0.497 e. The van der Waals surface area contributed by atoms with Crippen LogP contribution in [0.2, 0.25) is 0 Å². The molecule has 29 heavy (non-hydrogen) atoms. The van der Waals surface area contributed by atoms with Crippen molar-refractivity contribution >= 4 is 23.1 Å². The summed E-state index contributed by atoms with van der Waals surface area (Å²) in [7, 11) is 1.59. The number of ether oxygens (including phenoxy) is 1. The Morgan fingerprint density at radius 2 is 1.52 bits per heavy atom. The number of rotatable bonds is 5. The van der Waals surface area contributed by atoms with Crippen molar-refractivity contribution in [1.29, 1.82) is 0 Å². The van der Waals surface area contributed by atoms with Gasteiger partial charge in [0.05, 0.1) is 18.4 Å². The van der Waals surface area contributed by atoms with Crippen LogP contribution in [-0.4, -0.2) is 61.4 Å². The molecule has 2 aliphatic heterocycles. The van der Waals surface area contributed by atoms with Crippen LogP contribution in [-0.2, 0) is 9.59 Å². The first-order valence-corrected chi connectivity index (χ1v) is 9.94. The van der Waals surface area contributed by atoms with Crippen LogP contribution in [0.25, 0.3) is 5.57 Å². The summed E-state index contributed by atoms with van der Waals surface area (Å²) in [5.41, 5.74) is 2.32. The fraction of sp³-hybridized carbons (Fsp3) is 0.304. The molecule has 1 saturated heterocycles. The van der Waals surface area contributed by atoms with Gasteiger partial charge >= 0.3 is 0 Å². The first-order chi connectivity index (χ1) is 14.1. The molecule has 2 heterocycles. The SMILES string of the molecule is CCN1CCN(C2=C(c3ccccc3)C(=O)N(c3ccc(OC)cc3)C2=O)CC1. The van der Waals surface area contributed by atoms with Crippen molar-refractivity contribution in [3.63, 3.8) is 0 Å². The number of piperazine rings is 1. The molecular weight excluding hydrogens is 366 g/mol. The van der Waals surface area contributed by atoms with E-state index in [1.807, 2.05) is 30.3 Å². The molecule has 0 unspecified atom stereocenters. The lowest BCUT2D eigenvalue weighted by Crippen LogP contribution is -2.47. The zero-order valence-electron chi connectivity index (χ0n) is 16.8. The zero-order chi connectivity index (χ0) is 20.4. The van der Waals surface area contributed by atoms with Gasteiger partial charge in [-0.2, -0.15) is 0 Å². The van der Waals surface area contributed by atoms with E-state index in [2.05, 4.69) is 16.7 Å². The minimum Gasteiger partial charge on any atom is -0.497 e. The van der Waals surface area contributed by atoms with Crippen LogP contribution < -0.4 is 9.64 Å². The van der Waals surface area contributed by atoms with Crippen molar-refractivity contribution in [2.45, 2.75) is 6.92 Å². The molecule has 1 fully saturated rings. The molecule has 0 aromatic heterocycles. The summed E-state index contributed by atoms with van der Waals surface area (Å²) >= 11 is 0. The number of likely N-dealkylation sites (N-methyl/N-ethyl adjacent to an activating group) is 1.